The molecular weight excluding hydrogens is 853 g/mol. The van der Waals surface area contributed by atoms with Gasteiger partial charge in [0.1, 0.15) is 23.1 Å². The number of hydrogen-bond acceptors (Lipinski definition) is 9. The summed E-state index contributed by atoms with van der Waals surface area (Å²) < 4.78 is 23.5. The van der Waals surface area contributed by atoms with Crippen LogP contribution in [0.1, 0.15) is 89.5 Å². The van der Waals surface area contributed by atoms with Crippen molar-refractivity contribution in [3.05, 3.63) is 91.6 Å². The van der Waals surface area contributed by atoms with E-state index in [4.69, 9.17) is 58.7 Å². The minimum absolute atomic E-state index is 0.0244. The van der Waals surface area contributed by atoms with Crippen LogP contribution >= 0.6 is 34.8 Å². The number of benzene rings is 2. The number of pyridine rings is 1. The van der Waals surface area contributed by atoms with Gasteiger partial charge >= 0.3 is 12.2 Å². The zero-order chi connectivity index (χ0) is 44.7. The number of carbonyl (C=O) groups excluding carboxylic acids is 3. The zero-order valence-electron chi connectivity index (χ0n) is 36.9. The highest BCUT2D eigenvalue weighted by Gasteiger charge is 2.51. The van der Waals surface area contributed by atoms with Crippen LogP contribution in [0.25, 0.3) is 5.57 Å². The van der Waals surface area contributed by atoms with E-state index in [0.29, 0.717) is 52.5 Å². The number of methoxy groups -OCH3 is 1. The molecule has 1 saturated carbocycles. The molecule has 0 spiro atoms. The number of fused-ring (bicyclic) bond motifs is 2. The predicted molar refractivity (Wildman–Crippen MR) is 242 cm³/mol. The van der Waals surface area contributed by atoms with Gasteiger partial charge in [-0.05, 0) is 132 Å². The molecule has 1 aliphatic carbocycles. The summed E-state index contributed by atoms with van der Waals surface area (Å²) in [5.41, 5.74) is 3.26. The maximum absolute atomic E-state index is 15.6. The van der Waals surface area contributed by atoms with E-state index in [9.17, 15) is 9.59 Å². The number of nitrogens with zero attached hydrogens (tertiary/aromatic N) is 5. The lowest BCUT2D eigenvalue weighted by molar-refractivity contribution is -0.129. The third kappa shape index (κ3) is 10.7. The summed E-state index contributed by atoms with van der Waals surface area (Å²) in [6.45, 7) is 15.2. The average molecular weight is 911 g/mol. The smallest absolute Gasteiger partial charge is 0.411 e. The van der Waals surface area contributed by atoms with Crippen molar-refractivity contribution in [3.8, 4) is 5.75 Å². The maximum atomic E-state index is 15.6. The number of amides is 3. The Morgan fingerprint density at radius 1 is 0.855 bits per heavy atom. The van der Waals surface area contributed by atoms with Gasteiger partial charge in [-0.15, -0.1) is 0 Å². The fourth-order valence-corrected chi connectivity index (χ4v) is 9.35. The molecule has 12 nitrogen and oxygen atoms in total. The standard InChI is InChI=1S/C47H58Cl3N5O7/c1-28-19-37(49)42(38(50)20-28)60-34-15-17-52(26-34)40-14-10-30(23-51-40)35-22-33-25-53(44(57)61-46(2,3)4)27-39(55(33)45(58)62-47(5,6)7)41(35)43(56)54(32-11-12-32)24-31-21-29(16-18-59-8)9-13-36(31)48/h9-10,13-14,19-21,23,32-34,39H,11-12,15-18,22,24-27H2,1-8H3/t33-,34-,39-/m1/s1. The SMILES string of the molecule is COCCc1ccc(Cl)c(CN(C(=O)C2=C(c3ccc(N4CC[C@@H](Oc5c(Cl)cc(C)cc5Cl)C4)nc3)C[C@@H]3CN(C(=O)OC(C)(C)C)C[C@H]2N3C(=O)OC(C)(C)C)C2CC2)c1. The van der Waals surface area contributed by atoms with Gasteiger partial charge in [-0.3, -0.25) is 9.69 Å². The van der Waals surface area contributed by atoms with Gasteiger partial charge in [-0.1, -0.05) is 46.9 Å². The number of rotatable bonds is 11. The van der Waals surface area contributed by atoms with Gasteiger partial charge in [0, 0.05) is 62.5 Å². The summed E-state index contributed by atoms with van der Waals surface area (Å²) in [7, 11) is 1.67. The van der Waals surface area contributed by atoms with Crippen LogP contribution in [0.4, 0.5) is 15.4 Å². The second-order valence-corrected chi connectivity index (χ2v) is 20.0. The minimum Gasteiger partial charge on any atom is -0.485 e. The molecule has 3 amide bonds. The summed E-state index contributed by atoms with van der Waals surface area (Å²) in [5, 5.41) is 1.52. The van der Waals surface area contributed by atoms with Crippen LogP contribution in [0.5, 0.6) is 5.75 Å². The molecule has 0 radical (unpaired) electrons. The van der Waals surface area contributed by atoms with Crippen molar-refractivity contribution in [3.63, 3.8) is 0 Å². The summed E-state index contributed by atoms with van der Waals surface area (Å²) in [6.07, 6.45) is 4.02. The lowest BCUT2D eigenvalue weighted by Gasteiger charge is -2.51. The molecule has 3 fully saturated rings. The first-order valence-corrected chi connectivity index (χ1v) is 22.5. The number of piperazine rings is 1. The molecule has 334 valence electrons. The highest BCUT2D eigenvalue weighted by atomic mass is 35.5. The molecule has 2 aromatic carbocycles. The van der Waals surface area contributed by atoms with E-state index >= 15 is 4.79 Å². The first-order chi connectivity index (χ1) is 29.3. The van der Waals surface area contributed by atoms with Crippen molar-refractivity contribution >= 4 is 64.3 Å². The van der Waals surface area contributed by atoms with E-state index in [-0.39, 0.29) is 44.1 Å². The van der Waals surface area contributed by atoms with Crippen molar-refractivity contribution in [1.82, 2.24) is 19.7 Å². The highest BCUT2D eigenvalue weighted by Crippen LogP contribution is 2.43. The fraction of sp³-hybridized carbons (Fsp3) is 0.532. The number of halogens is 3. The lowest BCUT2D eigenvalue weighted by atomic mass is 9.81. The number of aryl methyl sites for hydroxylation is 1. The van der Waals surface area contributed by atoms with Crippen LogP contribution in [0.3, 0.4) is 0 Å². The molecule has 2 bridgehead atoms. The lowest BCUT2D eigenvalue weighted by Crippen LogP contribution is -2.66. The van der Waals surface area contributed by atoms with Gasteiger partial charge < -0.3 is 33.6 Å². The van der Waals surface area contributed by atoms with Gasteiger partial charge in [0.2, 0.25) is 0 Å². The number of anilines is 1. The molecule has 3 atom stereocenters. The second-order valence-electron chi connectivity index (χ2n) is 18.8. The molecule has 2 saturated heterocycles. The second kappa shape index (κ2) is 18.5. The fourth-order valence-electron chi connectivity index (χ4n) is 8.49. The third-order valence-corrected chi connectivity index (χ3v) is 12.4. The monoisotopic (exact) mass is 909 g/mol. The molecule has 0 unspecified atom stereocenters. The highest BCUT2D eigenvalue weighted by molar-refractivity contribution is 6.37. The normalized spacial score (nSPS) is 20.4. The molecule has 7 rings (SSSR count). The Balaban J connectivity index is 1.26. The molecule has 15 heteroatoms. The van der Waals surface area contributed by atoms with Gasteiger partial charge in [-0.2, -0.15) is 0 Å². The minimum atomic E-state index is -0.839. The van der Waals surface area contributed by atoms with Gasteiger partial charge in [0.05, 0.1) is 35.3 Å². The van der Waals surface area contributed by atoms with Crippen LogP contribution in [0.2, 0.25) is 15.1 Å². The Kier molecular flexibility index (Phi) is 13.6. The maximum Gasteiger partial charge on any atom is 0.411 e. The molecular formula is C47H58Cl3N5O7. The number of aromatic nitrogens is 1. The summed E-state index contributed by atoms with van der Waals surface area (Å²) in [4.78, 5) is 55.8. The molecule has 4 aliphatic rings. The van der Waals surface area contributed by atoms with Crippen LogP contribution in [0, 0.1) is 6.92 Å². The topological polar surface area (TPSA) is 114 Å². The Morgan fingerprint density at radius 2 is 1.55 bits per heavy atom. The van der Waals surface area contributed by atoms with Gasteiger partial charge in [-0.25, -0.2) is 14.6 Å². The third-order valence-electron chi connectivity index (χ3n) is 11.4. The van der Waals surface area contributed by atoms with Gasteiger partial charge in [0.25, 0.3) is 5.91 Å². The van der Waals surface area contributed by atoms with Crippen LogP contribution in [-0.4, -0.2) is 113 Å². The van der Waals surface area contributed by atoms with E-state index < -0.39 is 35.5 Å². The number of carbonyl (C=O) groups is 3. The van der Waals surface area contributed by atoms with E-state index in [0.717, 1.165) is 52.9 Å². The number of ether oxygens (including phenoxy) is 4. The molecule has 3 aromatic rings. The Morgan fingerprint density at radius 3 is 2.18 bits per heavy atom. The Labute approximate surface area is 380 Å². The first-order valence-electron chi connectivity index (χ1n) is 21.4. The number of hydrogen-bond donors (Lipinski definition) is 0. The summed E-state index contributed by atoms with van der Waals surface area (Å²) >= 11 is 19.8. The van der Waals surface area contributed by atoms with Crippen molar-refractivity contribution in [2.75, 3.05) is 44.8 Å². The average Bonchev–Trinajstić information content (AvgIpc) is 3.92. The molecule has 0 N–H and O–H groups in total. The predicted octanol–water partition coefficient (Wildman–Crippen LogP) is 9.77. The molecule has 3 aliphatic heterocycles. The van der Waals surface area contributed by atoms with E-state index in [1.165, 1.54) is 0 Å². The van der Waals surface area contributed by atoms with Crippen LogP contribution < -0.4 is 9.64 Å². The first kappa shape index (κ1) is 45.8. The Bertz CT molecular complexity index is 2180. The van der Waals surface area contributed by atoms with Crippen LogP contribution in [0.15, 0.2) is 54.2 Å². The van der Waals surface area contributed by atoms with E-state index in [1.807, 2.05) is 102 Å². The van der Waals surface area contributed by atoms with Crippen molar-refractivity contribution < 1.29 is 33.3 Å². The zero-order valence-corrected chi connectivity index (χ0v) is 39.2. The summed E-state index contributed by atoms with van der Waals surface area (Å²) in [5.74, 6) is 1.02. The summed E-state index contributed by atoms with van der Waals surface area (Å²) in [6, 6.07) is 12.1. The van der Waals surface area contributed by atoms with Crippen molar-refractivity contribution in [2.24, 2.45) is 0 Å². The van der Waals surface area contributed by atoms with Crippen LogP contribution in [-0.2, 0) is 32.0 Å². The largest absolute Gasteiger partial charge is 0.485 e. The Hall–Kier alpha value is -4.23. The van der Waals surface area contributed by atoms with E-state index in [2.05, 4.69) is 4.90 Å². The van der Waals surface area contributed by atoms with E-state index in [1.54, 1.807) is 16.9 Å². The molecule has 4 heterocycles. The van der Waals surface area contributed by atoms with Crippen molar-refractivity contribution in [2.45, 2.75) is 123 Å². The van der Waals surface area contributed by atoms with Gasteiger partial charge in [0.15, 0.2) is 5.75 Å². The van der Waals surface area contributed by atoms with Crippen molar-refractivity contribution in [1.29, 1.82) is 0 Å². The molecule has 62 heavy (non-hydrogen) atoms. The molecule has 1 aromatic heterocycles. The quantitative estimate of drug-likeness (QED) is 0.186.